The summed E-state index contributed by atoms with van der Waals surface area (Å²) in [6.45, 7) is 0. The van der Waals surface area contributed by atoms with E-state index in [1.54, 1.807) is 0 Å². The van der Waals surface area contributed by atoms with E-state index in [0.29, 0.717) is 0 Å². The van der Waals surface area contributed by atoms with Crippen molar-refractivity contribution in [2.24, 2.45) is 0 Å². The number of hydrogen-bond donors (Lipinski definition) is 0. The molecule has 0 aliphatic carbocycles. The van der Waals surface area contributed by atoms with Crippen LogP contribution in [0, 0.1) is 0 Å². The number of hydrogen-bond acceptors (Lipinski definition) is 1. The highest BCUT2D eigenvalue weighted by molar-refractivity contribution is 7.99. The van der Waals surface area contributed by atoms with Crippen LogP contribution in [0.3, 0.4) is 0 Å². The molecule has 0 saturated heterocycles. The van der Waals surface area contributed by atoms with Gasteiger partial charge in [0.1, 0.15) is 0 Å². The van der Waals surface area contributed by atoms with Crippen molar-refractivity contribution >= 4 is 65.6 Å². The Balaban J connectivity index is 1.21. The minimum atomic E-state index is 1.25. The molecule has 0 bridgehead atoms. The maximum atomic E-state index is 2.39. The lowest BCUT2D eigenvalue weighted by Gasteiger charge is -2.21. The van der Waals surface area contributed by atoms with E-state index in [-0.39, 0.29) is 0 Å². The highest BCUT2D eigenvalue weighted by atomic mass is 32.2. The molecule has 9 aromatic carbocycles. The molecule has 1 heteroatoms. The summed E-state index contributed by atoms with van der Waals surface area (Å²) in [6.07, 6.45) is 0. The molecule has 0 atom stereocenters. The summed E-state index contributed by atoms with van der Waals surface area (Å²) in [7, 11) is 0. The van der Waals surface area contributed by atoms with E-state index in [4.69, 9.17) is 0 Å². The molecule has 45 heavy (non-hydrogen) atoms. The Morgan fingerprint density at radius 1 is 0.311 bits per heavy atom. The highest BCUT2D eigenvalue weighted by Gasteiger charge is 2.21. The first-order valence-corrected chi connectivity index (χ1v) is 16.3. The second kappa shape index (κ2) is 9.56. The summed E-state index contributed by atoms with van der Waals surface area (Å²) in [5.41, 5.74) is 7.80. The van der Waals surface area contributed by atoms with Crippen molar-refractivity contribution in [1.29, 1.82) is 0 Å². The Bertz CT molecular complexity index is 2670. The van der Waals surface area contributed by atoms with Crippen LogP contribution in [0.5, 0.6) is 0 Å². The van der Waals surface area contributed by atoms with Crippen molar-refractivity contribution in [3.05, 3.63) is 158 Å². The Labute approximate surface area is 265 Å². The van der Waals surface area contributed by atoms with E-state index in [9.17, 15) is 0 Å². The minimum absolute atomic E-state index is 1.25. The summed E-state index contributed by atoms with van der Waals surface area (Å²) >= 11 is 1.88. The first-order valence-electron chi connectivity index (χ1n) is 15.5. The first-order chi connectivity index (χ1) is 22.3. The van der Waals surface area contributed by atoms with Crippen molar-refractivity contribution in [2.45, 2.75) is 9.79 Å². The van der Waals surface area contributed by atoms with Crippen LogP contribution in [-0.2, 0) is 0 Å². The van der Waals surface area contributed by atoms with Crippen LogP contribution in [-0.4, -0.2) is 0 Å². The molecule has 9 aromatic rings. The molecule has 10 rings (SSSR count). The van der Waals surface area contributed by atoms with Crippen LogP contribution in [0.2, 0.25) is 0 Å². The molecule has 1 aliphatic heterocycles. The lowest BCUT2D eigenvalue weighted by Crippen LogP contribution is -1.94. The molecule has 0 amide bonds. The number of fused-ring (bicyclic) bond motifs is 7. The zero-order chi connectivity index (χ0) is 29.5. The highest BCUT2D eigenvalue weighted by Crippen LogP contribution is 2.50. The van der Waals surface area contributed by atoms with Gasteiger partial charge >= 0.3 is 0 Å². The van der Waals surface area contributed by atoms with Crippen LogP contribution < -0.4 is 0 Å². The minimum Gasteiger partial charge on any atom is -0.0888 e. The van der Waals surface area contributed by atoms with Gasteiger partial charge in [-0.25, -0.2) is 0 Å². The van der Waals surface area contributed by atoms with Gasteiger partial charge in [-0.3, -0.25) is 0 Å². The molecule has 0 radical (unpaired) electrons. The predicted molar refractivity (Wildman–Crippen MR) is 194 cm³/mol. The second-order valence-electron chi connectivity index (χ2n) is 12.0. The third-order valence-corrected chi connectivity index (χ3v) is 10.8. The van der Waals surface area contributed by atoms with Crippen LogP contribution in [0.25, 0.3) is 87.2 Å². The average Bonchev–Trinajstić information content (AvgIpc) is 3.10. The van der Waals surface area contributed by atoms with Crippen LogP contribution >= 0.6 is 11.8 Å². The van der Waals surface area contributed by atoms with Crippen molar-refractivity contribution in [1.82, 2.24) is 0 Å². The molecule has 0 saturated carbocycles. The van der Waals surface area contributed by atoms with Gasteiger partial charge in [0, 0.05) is 15.2 Å². The topological polar surface area (TPSA) is 0 Å². The van der Waals surface area contributed by atoms with Crippen molar-refractivity contribution < 1.29 is 0 Å². The Kier molecular flexibility index (Phi) is 5.31. The maximum absolute atomic E-state index is 2.39. The van der Waals surface area contributed by atoms with Crippen LogP contribution in [0.15, 0.2) is 168 Å². The Hall–Kier alpha value is -5.37. The SMILES string of the molecule is c1ccc2c(c1)Sc1ccc(-c3ccc4c(ccc5c(-c6cccc7ccccc67)c6ccccc6cc54)c3)c3cccc-2c13. The summed E-state index contributed by atoms with van der Waals surface area (Å²) in [4.78, 5) is 2.67. The molecule has 0 unspecified atom stereocenters. The lowest BCUT2D eigenvalue weighted by molar-refractivity contribution is 1.40. The zero-order valence-electron chi connectivity index (χ0n) is 24.4. The molecule has 208 valence electrons. The second-order valence-corrected chi connectivity index (χ2v) is 13.1. The standard InChI is InChI=1S/C44H26S/c1-3-12-31-27(9-1)11-7-15-36(31)43-34-13-4-2-10-28(34)26-40-33-21-19-29(25-30(33)20-22-39(40)43)32-23-24-42-44-37(32)16-8-17-38(44)35-14-5-6-18-41(35)45-42/h1-26H. The molecule has 0 N–H and O–H groups in total. The quantitative estimate of drug-likeness (QED) is 0.143. The van der Waals surface area contributed by atoms with Crippen molar-refractivity contribution in [2.75, 3.05) is 0 Å². The number of benzene rings is 9. The van der Waals surface area contributed by atoms with E-state index in [2.05, 4.69) is 158 Å². The van der Waals surface area contributed by atoms with Gasteiger partial charge in [-0.15, -0.1) is 0 Å². The smallest absolute Gasteiger partial charge is 0.0207 e. The predicted octanol–water partition coefficient (Wildman–Crippen LogP) is 12.9. The third kappa shape index (κ3) is 3.68. The van der Waals surface area contributed by atoms with Crippen molar-refractivity contribution in [3.8, 4) is 33.4 Å². The third-order valence-electron chi connectivity index (χ3n) is 9.63. The van der Waals surface area contributed by atoms with E-state index in [0.717, 1.165) is 0 Å². The largest absolute Gasteiger partial charge is 0.0888 e. The summed E-state index contributed by atoms with van der Waals surface area (Å²) < 4.78 is 0. The summed E-state index contributed by atoms with van der Waals surface area (Å²) in [5, 5.41) is 12.9. The average molecular weight is 587 g/mol. The van der Waals surface area contributed by atoms with Gasteiger partial charge in [0.2, 0.25) is 0 Å². The van der Waals surface area contributed by atoms with Crippen molar-refractivity contribution in [3.63, 3.8) is 0 Å². The van der Waals surface area contributed by atoms with Gasteiger partial charge in [-0.05, 0) is 106 Å². The van der Waals surface area contributed by atoms with Gasteiger partial charge in [-0.1, -0.05) is 145 Å². The Morgan fingerprint density at radius 2 is 1.00 bits per heavy atom. The fourth-order valence-corrected chi connectivity index (χ4v) is 8.74. The molecule has 0 spiro atoms. The number of rotatable bonds is 2. The first kappa shape index (κ1) is 25.0. The molecule has 1 heterocycles. The lowest BCUT2D eigenvalue weighted by atomic mass is 9.87. The molecule has 1 aliphatic rings. The van der Waals surface area contributed by atoms with Gasteiger partial charge in [0.15, 0.2) is 0 Å². The van der Waals surface area contributed by atoms with E-state index >= 15 is 0 Å². The maximum Gasteiger partial charge on any atom is 0.0207 e. The molecule has 0 fully saturated rings. The molecule has 0 aromatic heterocycles. The molecular weight excluding hydrogens is 561 g/mol. The van der Waals surface area contributed by atoms with E-state index in [1.165, 1.54) is 97.0 Å². The summed E-state index contributed by atoms with van der Waals surface area (Å²) in [6, 6.07) is 58.5. The monoisotopic (exact) mass is 586 g/mol. The van der Waals surface area contributed by atoms with Gasteiger partial charge in [0.25, 0.3) is 0 Å². The van der Waals surface area contributed by atoms with Crippen LogP contribution in [0.4, 0.5) is 0 Å². The van der Waals surface area contributed by atoms with Gasteiger partial charge in [0.05, 0.1) is 0 Å². The normalized spacial score (nSPS) is 12.4. The molecular formula is C44H26S. The summed E-state index contributed by atoms with van der Waals surface area (Å²) in [5.74, 6) is 0. The van der Waals surface area contributed by atoms with E-state index in [1.807, 2.05) is 11.8 Å². The van der Waals surface area contributed by atoms with Gasteiger partial charge in [-0.2, -0.15) is 0 Å². The Morgan fingerprint density at radius 3 is 1.96 bits per heavy atom. The van der Waals surface area contributed by atoms with Crippen LogP contribution in [0.1, 0.15) is 0 Å². The molecule has 0 nitrogen and oxygen atoms in total. The fraction of sp³-hybridized carbons (Fsp3) is 0. The van der Waals surface area contributed by atoms with Gasteiger partial charge < -0.3 is 0 Å². The zero-order valence-corrected chi connectivity index (χ0v) is 25.2. The fourth-order valence-electron chi connectivity index (χ4n) is 7.61. The van der Waals surface area contributed by atoms with E-state index < -0.39 is 0 Å².